The number of amides is 1. The van der Waals surface area contributed by atoms with Crippen molar-refractivity contribution in [1.29, 1.82) is 0 Å². The minimum atomic E-state index is -3.66. The lowest BCUT2D eigenvalue weighted by molar-refractivity contribution is 0.0703. The molecule has 1 aliphatic rings. The van der Waals surface area contributed by atoms with Gasteiger partial charge in [-0.1, -0.05) is 35.3 Å². The molecular formula is C15H14Cl2N2O3S2. The van der Waals surface area contributed by atoms with E-state index in [0.717, 1.165) is 0 Å². The largest absolute Gasteiger partial charge is 0.335 e. The zero-order valence-corrected chi connectivity index (χ0v) is 15.6. The second kappa shape index (κ2) is 7.01. The number of benzene rings is 1. The lowest BCUT2D eigenvalue weighted by Gasteiger charge is -2.33. The van der Waals surface area contributed by atoms with Gasteiger partial charge in [0.25, 0.3) is 5.91 Å². The molecule has 1 saturated heterocycles. The highest BCUT2D eigenvalue weighted by atomic mass is 35.5. The molecule has 0 aliphatic carbocycles. The van der Waals surface area contributed by atoms with Crippen molar-refractivity contribution in [3.05, 3.63) is 50.6 Å². The Bertz CT molecular complexity index is 859. The van der Waals surface area contributed by atoms with Gasteiger partial charge in [0, 0.05) is 26.2 Å². The normalized spacial score (nSPS) is 16.3. The maximum absolute atomic E-state index is 12.7. The number of hydrogen-bond donors (Lipinski definition) is 0. The van der Waals surface area contributed by atoms with Gasteiger partial charge in [0.1, 0.15) is 4.90 Å². The van der Waals surface area contributed by atoms with E-state index in [1.807, 2.05) is 0 Å². The first-order chi connectivity index (χ1) is 11.4. The molecule has 5 nitrogen and oxygen atoms in total. The summed E-state index contributed by atoms with van der Waals surface area (Å²) in [6, 6.07) is 9.72. The topological polar surface area (TPSA) is 57.7 Å². The molecule has 0 radical (unpaired) electrons. The van der Waals surface area contributed by atoms with Crippen molar-refractivity contribution in [2.45, 2.75) is 4.90 Å². The van der Waals surface area contributed by atoms with Crippen LogP contribution in [-0.2, 0) is 10.0 Å². The number of carbonyl (C=O) groups excluding carboxylic acids is 1. The van der Waals surface area contributed by atoms with E-state index in [9.17, 15) is 13.2 Å². The number of nitrogens with zero attached hydrogens (tertiary/aromatic N) is 2. The van der Waals surface area contributed by atoms with Gasteiger partial charge in [0.05, 0.1) is 14.2 Å². The van der Waals surface area contributed by atoms with Crippen molar-refractivity contribution in [2.75, 3.05) is 26.2 Å². The van der Waals surface area contributed by atoms with Crippen LogP contribution in [0.25, 0.3) is 0 Å². The number of sulfonamides is 1. The fraction of sp³-hybridized carbons (Fsp3) is 0.267. The first-order valence-corrected chi connectivity index (χ1v) is 10.2. The molecule has 1 fully saturated rings. The number of rotatable bonds is 3. The van der Waals surface area contributed by atoms with E-state index in [-0.39, 0.29) is 28.9 Å². The van der Waals surface area contributed by atoms with Crippen LogP contribution in [0.5, 0.6) is 0 Å². The van der Waals surface area contributed by atoms with Crippen molar-refractivity contribution in [3.63, 3.8) is 0 Å². The molecule has 3 rings (SSSR count). The maximum atomic E-state index is 12.7. The second-order valence-electron chi connectivity index (χ2n) is 5.23. The number of piperazine rings is 1. The zero-order valence-electron chi connectivity index (χ0n) is 12.5. The Labute approximate surface area is 154 Å². The molecule has 0 N–H and O–H groups in total. The maximum Gasteiger partial charge on any atom is 0.264 e. The van der Waals surface area contributed by atoms with Crippen LogP contribution in [-0.4, -0.2) is 49.7 Å². The predicted molar refractivity (Wildman–Crippen MR) is 95.4 cm³/mol. The summed E-state index contributed by atoms with van der Waals surface area (Å²) < 4.78 is 27.3. The smallest absolute Gasteiger partial charge is 0.264 e. The van der Waals surface area contributed by atoms with Gasteiger partial charge in [-0.25, -0.2) is 8.42 Å². The highest BCUT2D eigenvalue weighted by Gasteiger charge is 2.31. The summed E-state index contributed by atoms with van der Waals surface area (Å²) in [6.45, 7) is 1.13. The molecule has 0 saturated carbocycles. The van der Waals surface area contributed by atoms with Crippen molar-refractivity contribution in [1.82, 2.24) is 9.21 Å². The van der Waals surface area contributed by atoms with Crippen LogP contribution in [0.15, 0.2) is 41.3 Å². The molecule has 0 unspecified atom stereocenters. The third kappa shape index (κ3) is 3.45. The van der Waals surface area contributed by atoms with Crippen molar-refractivity contribution in [2.24, 2.45) is 0 Å². The van der Waals surface area contributed by atoms with Crippen LogP contribution in [0.4, 0.5) is 0 Å². The standard InChI is InChI=1S/C15H14Cl2N2O3S2/c16-11-3-1-2-4-13(11)24(21,22)19-9-7-18(8-10-19)15(20)12-5-6-14(17)23-12/h1-6H,7-10H2. The molecule has 0 atom stereocenters. The van der Waals surface area contributed by atoms with Gasteiger partial charge in [0.2, 0.25) is 10.0 Å². The zero-order chi connectivity index (χ0) is 17.3. The number of carbonyl (C=O) groups is 1. The lowest BCUT2D eigenvalue weighted by Crippen LogP contribution is -2.50. The highest BCUT2D eigenvalue weighted by molar-refractivity contribution is 7.89. The van der Waals surface area contributed by atoms with E-state index in [1.165, 1.54) is 21.7 Å². The fourth-order valence-corrected chi connectivity index (χ4v) is 5.44. The molecular weight excluding hydrogens is 391 g/mol. The SMILES string of the molecule is O=C(c1ccc(Cl)s1)N1CCN(S(=O)(=O)c2ccccc2Cl)CC1. The molecule has 2 heterocycles. The fourth-order valence-electron chi connectivity index (χ4n) is 2.51. The molecule has 9 heteroatoms. The molecule has 1 aromatic carbocycles. The quantitative estimate of drug-likeness (QED) is 0.788. The van der Waals surface area contributed by atoms with Gasteiger partial charge < -0.3 is 4.90 Å². The van der Waals surface area contributed by atoms with E-state index in [0.29, 0.717) is 22.3 Å². The number of halogens is 2. The van der Waals surface area contributed by atoms with Crippen LogP contribution >= 0.6 is 34.5 Å². The first-order valence-electron chi connectivity index (χ1n) is 7.19. The monoisotopic (exact) mass is 404 g/mol. The Balaban J connectivity index is 1.71. The Morgan fingerprint density at radius 3 is 2.25 bits per heavy atom. The van der Waals surface area contributed by atoms with Gasteiger partial charge in [0.15, 0.2) is 0 Å². The summed E-state index contributed by atoms with van der Waals surface area (Å²) in [4.78, 5) is 14.7. The van der Waals surface area contributed by atoms with Gasteiger partial charge in [-0.15, -0.1) is 11.3 Å². The average molecular weight is 405 g/mol. The van der Waals surface area contributed by atoms with Crippen molar-refractivity contribution >= 4 is 50.5 Å². The summed E-state index contributed by atoms with van der Waals surface area (Å²) in [7, 11) is -3.66. The molecule has 128 valence electrons. The van der Waals surface area contributed by atoms with Crippen LogP contribution in [0.2, 0.25) is 9.36 Å². The summed E-state index contributed by atoms with van der Waals surface area (Å²) in [5.74, 6) is -0.123. The number of hydrogen-bond acceptors (Lipinski definition) is 4. The van der Waals surface area contributed by atoms with Gasteiger partial charge in [-0.2, -0.15) is 4.31 Å². The third-order valence-electron chi connectivity index (χ3n) is 3.76. The van der Waals surface area contributed by atoms with Gasteiger partial charge >= 0.3 is 0 Å². The second-order valence-corrected chi connectivity index (χ2v) is 9.26. The van der Waals surface area contributed by atoms with E-state index in [2.05, 4.69) is 0 Å². The lowest BCUT2D eigenvalue weighted by atomic mass is 10.3. The Kier molecular flexibility index (Phi) is 5.17. The Hall–Kier alpha value is -1.12. The van der Waals surface area contributed by atoms with Crippen molar-refractivity contribution in [3.8, 4) is 0 Å². The van der Waals surface area contributed by atoms with Crippen LogP contribution in [0.1, 0.15) is 9.67 Å². The molecule has 1 aliphatic heterocycles. The van der Waals surface area contributed by atoms with Crippen LogP contribution < -0.4 is 0 Å². The molecule has 1 aromatic heterocycles. The minimum absolute atomic E-state index is 0.0940. The Morgan fingerprint density at radius 2 is 1.67 bits per heavy atom. The average Bonchev–Trinajstić information content (AvgIpc) is 3.01. The van der Waals surface area contributed by atoms with E-state index >= 15 is 0 Å². The molecule has 0 bridgehead atoms. The number of thiophene rings is 1. The predicted octanol–water partition coefficient (Wildman–Crippen LogP) is 3.20. The first kappa shape index (κ1) is 17.7. The van der Waals surface area contributed by atoms with Gasteiger partial charge in [-0.3, -0.25) is 4.79 Å². The Morgan fingerprint density at radius 1 is 1.00 bits per heavy atom. The molecule has 24 heavy (non-hydrogen) atoms. The third-order valence-corrected chi connectivity index (χ3v) is 7.38. The highest BCUT2D eigenvalue weighted by Crippen LogP contribution is 2.26. The van der Waals surface area contributed by atoms with E-state index in [1.54, 1.807) is 35.2 Å². The van der Waals surface area contributed by atoms with E-state index < -0.39 is 10.0 Å². The summed E-state index contributed by atoms with van der Waals surface area (Å²) >= 11 is 13.1. The van der Waals surface area contributed by atoms with Crippen LogP contribution in [0, 0.1) is 0 Å². The molecule has 0 spiro atoms. The van der Waals surface area contributed by atoms with E-state index in [4.69, 9.17) is 23.2 Å². The minimum Gasteiger partial charge on any atom is -0.335 e. The molecule has 2 aromatic rings. The molecule has 1 amide bonds. The summed E-state index contributed by atoms with van der Waals surface area (Å²) in [5.41, 5.74) is 0. The van der Waals surface area contributed by atoms with Crippen LogP contribution in [0.3, 0.4) is 0 Å². The van der Waals surface area contributed by atoms with Crippen molar-refractivity contribution < 1.29 is 13.2 Å². The summed E-state index contributed by atoms with van der Waals surface area (Å²) in [5, 5.41) is 0.198. The summed E-state index contributed by atoms with van der Waals surface area (Å²) in [6.07, 6.45) is 0. The van der Waals surface area contributed by atoms with Gasteiger partial charge in [-0.05, 0) is 24.3 Å².